The van der Waals surface area contributed by atoms with Crippen molar-refractivity contribution in [1.82, 2.24) is 5.32 Å². The van der Waals surface area contributed by atoms with Gasteiger partial charge in [-0.2, -0.15) is 0 Å². The summed E-state index contributed by atoms with van der Waals surface area (Å²) in [6, 6.07) is 7.78. The van der Waals surface area contributed by atoms with Crippen LogP contribution in [0.15, 0.2) is 34.3 Å². The Labute approximate surface area is 102 Å². The molecule has 1 aromatic rings. The van der Waals surface area contributed by atoms with Gasteiger partial charge in [-0.15, -0.1) is 0 Å². The van der Waals surface area contributed by atoms with Crippen LogP contribution in [0.25, 0.3) is 5.57 Å². The first-order valence-corrected chi connectivity index (χ1v) is 5.90. The molecular weight excluding hydrogens is 270 g/mol. The van der Waals surface area contributed by atoms with Crippen molar-refractivity contribution in [3.05, 3.63) is 39.9 Å². The van der Waals surface area contributed by atoms with E-state index in [1.54, 1.807) is 0 Å². The average molecular weight is 282 g/mol. The van der Waals surface area contributed by atoms with E-state index < -0.39 is 5.97 Å². The summed E-state index contributed by atoms with van der Waals surface area (Å²) in [7, 11) is 0. The number of nitrogens with one attached hydrogen (secondary N) is 1. The monoisotopic (exact) mass is 281 g/mol. The molecule has 4 heteroatoms. The minimum atomic E-state index is -0.831. The zero-order chi connectivity index (χ0) is 11.5. The molecule has 0 atom stereocenters. The van der Waals surface area contributed by atoms with E-state index in [9.17, 15) is 4.79 Å². The topological polar surface area (TPSA) is 49.3 Å². The second kappa shape index (κ2) is 4.80. The van der Waals surface area contributed by atoms with Crippen LogP contribution in [0.2, 0.25) is 0 Å². The van der Waals surface area contributed by atoms with Gasteiger partial charge in [0.2, 0.25) is 0 Å². The van der Waals surface area contributed by atoms with Gasteiger partial charge in [0.25, 0.3) is 0 Å². The van der Waals surface area contributed by atoms with Gasteiger partial charge in [0.05, 0.1) is 5.57 Å². The van der Waals surface area contributed by atoms with E-state index in [4.69, 9.17) is 5.11 Å². The molecule has 0 fully saturated rings. The first-order valence-electron chi connectivity index (χ1n) is 5.10. The Balaban J connectivity index is 2.47. The number of hydrogen-bond donors (Lipinski definition) is 2. The average Bonchev–Trinajstić information content (AvgIpc) is 2.29. The molecule has 0 radical (unpaired) electrons. The van der Waals surface area contributed by atoms with Gasteiger partial charge in [0, 0.05) is 11.0 Å². The Morgan fingerprint density at radius 2 is 2.25 bits per heavy atom. The summed E-state index contributed by atoms with van der Waals surface area (Å²) in [4.78, 5) is 11.1. The van der Waals surface area contributed by atoms with E-state index in [0.29, 0.717) is 12.1 Å². The van der Waals surface area contributed by atoms with E-state index in [2.05, 4.69) is 21.2 Å². The molecular formula is C12H12BrNO2. The smallest absolute Gasteiger partial charge is 0.333 e. The molecule has 0 unspecified atom stereocenters. The molecule has 3 nitrogen and oxygen atoms in total. The van der Waals surface area contributed by atoms with Crippen molar-refractivity contribution in [2.24, 2.45) is 0 Å². The minimum Gasteiger partial charge on any atom is -0.478 e. The SMILES string of the molecule is O=C(O)C1=C(c2cccc(Br)c2)CCNC1. The van der Waals surface area contributed by atoms with Gasteiger partial charge in [-0.3, -0.25) is 0 Å². The van der Waals surface area contributed by atoms with E-state index >= 15 is 0 Å². The number of carbonyl (C=O) groups is 1. The zero-order valence-electron chi connectivity index (χ0n) is 8.66. The predicted octanol–water partition coefficient (Wildman–Crippen LogP) is 2.28. The Bertz CT molecular complexity index is 454. The third-order valence-corrected chi connectivity index (χ3v) is 3.14. The standard InChI is InChI=1S/C12H12BrNO2/c13-9-3-1-2-8(6-9)10-4-5-14-7-11(10)12(15)16/h1-3,6,14H,4-5,7H2,(H,15,16). The fraction of sp³-hybridized carbons (Fsp3) is 0.250. The fourth-order valence-corrected chi connectivity index (χ4v) is 2.28. The molecule has 0 bridgehead atoms. The van der Waals surface area contributed by atoms with Crippen LogP contribution < -0.4 is 5.32 Å². The van der Waals surface area contributed by atoms with Gasteiger partial charge in [-0.25, -0.2) is 4.79 Å². The second-order valence-corrected chi connectivity index (χ2v) is 4.62. The van der Waals surface area contributed by atoms with Crippen molar-refractivity contribution < 1.29 is 9.90 Å². The number of hydrogen-bond acceptors (Lipinski definition) is 2. The second-order valence-electron chi connectivity index (χ2n) is 3.70. The molecule has 1 heterocycles. The van der Waals surface area contributed by atoms with E-state index in [1.165, 1.54) is 0 Å². The van der Waals surface area contributed by atoms with Crippen molar-refractivity contribution in [2.75, 3.05) is 13.1 Å². The highest BCUT2D eigenvalue weighted by Gasteiger charge is 2.19. The highest BCUT2D eigenvalue weighted by Crippen LogP contribution is 2.26. The van der Waals surface area contributed by atoms with Gasteiger partial charge in [0.15, 0.2) is 0 Å². The summed E-state index contributed by atoms with van der Waals surface area (Å²) < 4.78 is 0.973. The summed E-state index contributed by atoms with van der Waals surface area (Å²) in [6.07, 6.45) is 0.762. The van der Waals surface area contributed by atoms with Gasteiger partial charge >= 0.3 is 5.97 Å². The van der Waals surface area contributed by atoms with Crippen molar-refractivity contribution >= 4 is 27.5 Å². The third-order valence-electron chi connectivity index (χ3n) is 2.65. The number of halogens is 1. The zero-order valence-corrected chi connectivity index (χ0v) is 10.3. The quantitative estimate of drug-likeness (QED) is 0.875. The van der Waals surface area contributed by atoms with Crippen LogP contribution in [0.4, 0.5) is 0 Å². The van der Waals surface area contributed by atoms with Gasteiger partial charge in [-0.05, 0) is 36.2 Å². The highest BCUT2D eigenvalue weighted by molar-refractivity contribution is 9.10. The molecule has 1 aromatic carbocycles. The summed E-state index contributed by atoms with van der Waals surface area (Å²) in [5.41, 5.74) is 2.41. The van der Waals surface area contributed by atoms with Crippen LogP contribution >= 0.6 is 15.9 Å². The van der Waals surface area contributed by atoms with Crippen molar-refractivity contribution in [3.8, 4) is 0 Å². The lowest BCUT2D eigenvalue weighted by Gasteiger charge is -2.19. The summed E-state index contributed by atoms with van der Waals surface area (Å²) in [5, 5.41) is 12.2. The first kappa shape index (κ1) is 11.4. The maximum Gasteiger partial charge on any atom is 0.333 e. The van der Waals surface area contributed by atoms with Gasteiger partial charge < -0.3 is 10.4 Å². The molecule has 0 saturated heterocycles. The number of carboxylic acids is 1. The fourth-order valence-electron chi connectivity index (χ4n) is 1.88. The summed E-state index contributed by atoms with van der Waals surface area (Å²) in [6.45, 7) is 1.27. The lowest BCUT2D eigenvalue weighted by Crippen LogP contribution is -2.28. The molecule has 2 N–H and O–H groups in total. The van der Waals surface area contributed by atoms with E-state index in [0.717, 1.165) is 28.6 Å². The number of aliphatic carboxylic acids is 1. The molecule has 1 aliphatic rings. The molecule has 0 spiro atoms. The Morgan fingerprint density at radius 3 is 2.94 bits per heavy atom. The molecule has 84 valence electrons. The van der Waals surface area contributed by atoms with Crippen molar-refractivity contribution in [2.45, 2.75) is 6.42 Å². The van der Waals surface area contributed by atoms with E-state index in [1.807, 2.05) is 24.3 Å². The number of carboxylic acid groups (broad SMARTS) is 1. The first-order chi connectivity index (χ1) is 7.68. The number of rotatable bonds is 2. The van der Waals surface area contributed by atoms with Gasteiger partial charge in [0.1, 0.15) is 0 Å². The summed E-state index contributed by atoms with van der Waals surface area (Å²) >= 11 is 3.40. The summed E-state index contributed by atoms with van der Waals surface area (Å²) in [5.74, 6) is -0.831. The maximum atomic E-state index is 11.1. The maximum absolute atomic E-state index is 11.1. The largest absolute Gasteiger partial charge is 0.478 e. The van der Waals surface area contributed by atoms with Gasteiger partial charge in [-0.1, -0.05) is 28.1 Å². The van der Waals surface area contributed by atoms with E-state index in [-0.39, 0.29) is 0 Å². The Kier molecular flexibility index (Phi) is 3.41. The molecule has 1 aliphatic heterocycles. The highest BCUT2D eigenvalue weighted by atomic mass is 79.9. The molecule has 16 heavy (non-hydrogen) atoms. The van der Waals surface area contributed by atoms with Crippen LogP contribution in [0.5, 0.6) is 0 Å². The molecule has 0 aliphatic carbocycles. The lowest BCUT2D eigenvalue weighted by atomic mass is 9.94. The number of benzene rings is 1. The minimum absolute atomic E-state index is 0.442. The van der Waals surface area contributed by atoms with Crippen molar-refractivity contribution in [3.63, 3.8) is 0 Å². The van der Waals surface area contributed by atoms with Crippen LogP contribution in [0, 0.1) is 0 Å². The van der Waals surface area contributed by atoms with Crippen LogP contribution in [0.1, 0.15) is 12.0 Å². The van der Waals surface area contributed by atoms with Crippen molar-refractivity contribution in [1.29, 1.82) is 0 Å². The Morgan fingerprint density at radius 1 is 1.44 bits per heavy atom. The van der Waals surface area contributed by atoms with Crippen LogP contribution in [0.3, 0.4) is 0 Å². The predicted molar refractivity (Wildman–Crippen MR) is 66.2 cm³/mol. The Hall–Kier alpha value is -1.13. The lowest BCUT2D eigenvalue weighted by molar-refractivity contribution is -0.132. The molecule has 0 aromatic heterocycles. The normalized spacial score (nSPS) is 16.3. The third kappa shape index (κ3) is 2.33. The van der Waals surface area contributed by atoms with Crippen LogP contribution in [-0.4, -0.2) is 24.2 Å². The molecule has 2 rings (SSSR count). The molecule has 0 amide bonds. The van der Waals surface area contributed by atoms with Crippen LogP contribution in [-0.2, 0) is 4.79 Å². The molecule has 0 saturated carbocycles.